The van der Waals surface area contributed by atoms with Crippen molar-refractivity contribution in [3.05, 3.63) is 34.3 Å². The zero-order valence-electron chi connectivity index (χ0n) is 6.37. The van der Waals surface area contributed by atoms with Crippen molar-refractivity contribution in [3.8, 4) is 0 Å². The molecule has 0 bridgehead atoms. The average molecular weight is 147 g/mol. The molecule has 56 valence electrons. The molecule has 0 saturated carbocycles. The smallest absolute Gasteiger partial charge is 0.178 e. The molecule has 2 nitrogen and oxygen atoms in total. The Labute approximate surface area is 64.8 Å². The van der Waals surface area contributed by atoms with Gasteiger partial charge in [0.25, 0.3) is 0 Å². The molecule has 1 aromatic carbocycles. The number of hydrogen-bond donors (Lipinski definition) is 0. The van der Waals surface area contributed by atoms with Crippen molar-refractivity contribution >= 4 is 6.26 Å². The molecule has 0 aromatic heterocycles. The molecule has 1 heterocycles. The molecule has 2 heteroatoms. The van der Waals surface area contributed by atoms with E-state index in [0.717, 1.165) is 10.6 Å². The summed E-state index contributed by atoms with van der Waals surface area (Å²) in [5, 5.41) is 2.15. The van der Waals surface area contributed by atoms with Crippen LogP contribution in [0.2, 0.25) is 0 Å². The lowest BCUT2D eigenvalue weighted by Crippen LogP contribution is -2.30. The zero-order chi connectivity index (χ0) is 7.68. The molecule has 11 heavy (non-hydrogen) atoms. The third kappa shape index (κ3) is 1.00. The molecular formula is C9H9NO. The van der Waals surface area contributed by atoms with Crippen molar-refractivity contribution < 1.29 is 4.74 Å². The quantitative estimate of drug-likeness (QED) is 0.518. The Kier molecular flexibility index (Phi) is 1.39. The van der Waals surface area contributed by atoms with Crippen molar-refractivity contribution in [2.45, 2.75) is 6.92 Å². The number of rotatable bonds is 0. The fourth-order valence-electron chi connectivity index (χ4n) is 1.18. The highest BCUT2D eigenvalue weighted by atomic mass is 16.5. The highest BCUT2D eigenvalue weighted by molar-refractivity contribution is 5.25. The van der Waals surface area contributed by atoms with Crippen LogP contribution in [-0.4, -0.2) is 6.73 Å². The normalized spacial score (nSPS) is 13.9. The van der Waals surface area contributed by atoms with E-state index < -0.39 is 0 Å². The van der Waals surface area contributed by atoms with Crippen LogP contribution in [0, 0.1) is 6.92 Å². The van der Waals surface area contributed by atoms with Gasteiger partial charge in [0, 0.05) is 5.22 Å². The van der Waals surface area contributed by atoms with E-state index in [4.69, 9.17) is 4.74 Å². The second-order valence-electron chi connectivity index (χ2n) is 2.58. The minimum Gasteiger partial charge on any atom is -0.478 e. The van der Waals surface area contributed by atoms with Gasteiger partial charge in [-0.15, -0.1) is 0 Å². The summed E-state index contributed by atoms with van der Waals surface area (Å²) in [6.07, 6.45) is 1.78. The summed E-state index contributed by atoms with van der Waals surface area (Å²) in [5.41, 5.74) is 1.21. The van der Waals surface area contributed by atoms with E-state index in [-0.39, 0.29) is 0 Å². The van der Waals surface area contributed by atoms with Gasteiger partial charge in [0.1, 0.15) is 0 Å². The Hall–Kier alpha value is -1.31. The number of ether oxygens (including phenoxy) is 1. The molecule has 0 fully saturated rings. The average Bonchev–Trinajstić information content (AvgIpc) is 2.06. The van der Waals surface area contributed by atoms with Crippen LogP contribution in [0.3, 0.4) is 0 Å². The summed E-state index contributed by atoms with van der Waals surface area (Å²) in [4.78, 5) is 4.20. The van der Waals surface area contributed by atoms with Crippen LogP contribution >= 0.6 is 0 Å². The molecule has 0 saturated heterocycles. The van der Waals surface area contributed by atoms with Crippen LogP contribution in [0.1, 0.15) is 5.56 Å². The van der Waals surface area contributed by atoms with E-state index >= 15 is 0 Å². The summed E-state index contributed by atoms with van der Waals surface area (Å²) in [6.45, 7) is 2.51. The number of aryl methyl sites for hydroxylation is 1. The molecule has 0 spiro atoms. The van der Waals surface area contributed by atoms with Gasteiger partial charge in [0.2, 0.25) is 0 Å². The molecule has 0 radical (unpaired) electrons. The van der Waals surface area contributed by atoms with E-state index in [9.17, 15) is 0 Å². The molecular weight excluding hydrogens is 138 g/mol. The van der Waals surface area contributed by atoms with Crippen LogP contribution in [0.4, 0.5) is 0 Å². The number of hydrogen-bond acceptors (Lipinski definition) is 2. The first-order valence-corrected chi connectivity index (χ1v) is 3.60. The molecule has 0 amide bonds. The lowest BCUT2D eigenvalue weighted by atomic mass is 10.2. The Morgan fingerprint density at radius 1 is 1.45 bits per heavy atom. The minimum absolute atomic E-state index is 0.455. The molecule has 0 aliphatic carbocycles. The van der Waals surface area contributed by atoms with Crippen LogP contribution in [0.25, 0.3) is 6.26 Å². The Bertz CT molecular complexity index is 381. The second kappa shape index (κ2) is 2.38. The number of fused-ring (bicyclic) bond motifs is 1. The predicted octanol–water partition coefficient (Wildman–Crippen LogP) is 0.340. The highest BCUT2D eigenvalue weighted by Gasteiger charge is 1.95. The Morgan fingerprint density at radius 3 is 3.18 bits per heavy atom. The first-order chi connectivity index (χ1) is 5.38. The highest BCUT2D eigenvalue weighted by Crippen LogP contribution is 1.87. The SMILES string of the molecule is Cc1cccc2c1=COCN=2. The fraction of sp³-hybridized carbons (Fsp3) is 0.222. The lowest BCUT2D eigenvalue weighted by molar-refractivity contribution is 0.296. The van der Waals surface area contributed by atoms with Crippen molar-refractivity contribution in [1.82, 2.24) is 0 Å². The van der Waals surface area contributed by atoms with Gasteiger partial charge in [-0.25, -0.2) is 4.99 Å². The maximum atomic E-state index is 5.09. The standard InChI is InChI=1S/C9H9NO/c1-7-3-2-4-9-8(7)5-11-6-10-9/h2-5H,6H2,1H3. The van der Waals surface area contributed by atoms with E-state index in [1.165, 1.54) is 5.56 Å². The van der Waals surface area contributed by atoms with Crippen molar-refractivity contribution in [2.24, 2.45) is 4.99 Å². The van der Waals surface area contributed by atoms with Gasteiger partial charge in [-0.05, 0) is 18.6 Å². The van der Waals surface area contributed by atoms with Crippen LogP contribution < -0.4 is 10.6 Å². The van der Waals surface area contributed by atoms with Gasteiger partial charge < -0.3 is 4.74 Å². The third-order valence-corrected chi connectivity index (χ3v) is 1.81. The summed E-state index contributed by atoms with van der Waals surface area (Å²) in [6, 6.07) is 6.07. The number of benzene rings is 1. The van der Waals surface area contributed by atoms with Crippen molar-refractivity contribution in [3.63, 3.8) is 0 Å². The lowest BCUT2D eigenvalue weighted by Gasteiger charge is -2.02. The summed E-state index contributed by atoms with van der Waals surface area (Å²) >= 11 is 0. The molecule has 0 unspecified atom stereocenters. The van der Waals surface area contributed by atoms with Gasteiger partial charge >= 0.3 is 0 Å². The molecule has 2 rings (SSSR count). The van der Waals surface area contributed by atoms with Crippen LogP contribution in [-0.2, 0) is 4.74 Å². The van der Waals surface area contributed by atoms with E-state index in [1.54, 1.807) is 6.26 Å². The topological polar surface area (TPSA) is 21.6 Å². The van der Waals surface area contributed by atoms with Gasteiger partial charge in [0.05, 0.1) is 11.6 Å². The zero-order valence-corrected chi connectivity index (χ0v) is 6.37. The molecule has 1 aliphatic rings. The second-order valence-corrected chi connectivity index (χ2v) is 2.58. The summed E-state index contributed by atoms with van der Waals surface area (Å²) in [5.74, 6) is 0. The van der Waals surface area contributed by atoms with Crippen LogP contribution in [0.15, 0.2) is 23.2 Å². The van der Waals surface area contributed by atoms with E-state index in [0.29, 0.717) is 6.73 Å². The first-order valence-electron chi connectivity index (χ1n) is 3.60. The van der Waals surface area contributed by atoms with E-state index in [1.807, 2.05) is 12.1 Å². The van der Waals surface area contributed by atoms with Gasteiger partial charge in [-0.2, -0.15) is 0 Å². The minimum atomic E-state index is 0.455. The predicted molar refractivity (Wildman–Crippen MR) is 42.4 cm³/mol. The number of nitrogens with zero attached hydrogens (tertiary/aromatic N) is 1. The molecule has 1 aliphatic heterocycles. The van der Waals surface area contributed by atoms with Gasteiger partial charge in [-0.1, -0.05) is 12.1 Å². The van der Waals surface area contributed by atoms with Crippen molar-refractivity contribution in [1.29, 1.82) is 0 Å². The largest absolute Gasteiger partial charge is 0.478 e. The molecule has 1 aromatic rings. The third-order valence-electron chi connectivity index (χ3n) is 1.81. The Morgan fingerprint density at radius 2 is 2.36 bits per heavy atom. The van der Waals surface area contributed by atoms with E-state index in [2.05, 4.69) is 18.0 Å². The van der Waals surface area contributed by atoms with Crippen LogP contribution in [0.5, 0.6) is 0 Å². The summed E-state index contributed by atoms with van der Waals surface area (Å²) in [7, 11) is 0. The first kappa shape index (κ1) is 6.40. The molecule has 0 N–H and O–H groups in total. The van der Waals surface area contributed by atoms with Crippen molar-refractivity contribution in [2.75, 3.05) is 6.73 Å². The van der Waals surface area contributed by atoms with Gasteiger partial charge in [0.15, 0.2) is 6.73 Å². The Balaban J connectivity index is 2.88. The fourth-order valence-corrected chi connectivity index (χ4v) is 1.18. The summed E-state index contributed by atoms with van der Waals surface area (Å²) < 4.78 is 5.09. The maximum absolute atomic E-state index is 5.09. The monoisotopic (exact) mass is 147 g/mol. The maximum Gasteiger partial charge on any atom is 0.178 e. The van der Waals surface area contributed by atoms with Gasteiger partial charge in [-0.3, -0.25) is 0 Å². The molecule has 0 atom stereocenters.